The molecule has 3 heterocycles. The summed E-state index contributed by atoms with van der Waals surface area (Å²) in [4.78, 5) is 43.9. The second-order valence-corrected chi connectivity index (χ2v) is 8.49. The largest absolute Gasteiger partial charge is 0.368 e. The number of amides is 3. The molecule has 8 nitrogen and oxygen atoms in total. The smallest absolute Gasteiger partial charge is 0.240 e. The van der Waals surface area contributed by atoms with E-state index in [-0.39, 0.29) is 43.1 Å². The Balaban J connectivity index is 0.00000341. The third-order valence-corrected chi connectivity index (χ3v) is 5.25. The number of pyridine rings is 1. The fourth-order valence-corrected chi connectivity index (χ4v) is 4.00. The van der Waals surface area contributed by atoms with Crippen LogP contribution in [-0.4, -0.2) is 53.2 Å². The van der Waals surface area contributed by atoms with Crippen molar-refractivity contribution in [2.45, 2.75) is 51.1 Å². The molecule has 0 aromatic carbocycles. The highest BCUT2D eigenvalue weighted by Crippen LogP contribution is 2.45. The van der Waals surface area contributed by atoms with E-state index in [9.17, 15) is 14.4 Å². The molecule has 1 saturated heterocycles. The van der Waals surface area contributed by atoms with Crippen molar-refractivity contribution in [1.29, 1.82) is 0 Å². The Morgan fingerprint density at radius 2 is 2.25 bits per heavy atom. The minimum atomic E-state index is -2.55. The molecule has 2 aliphatic heterocycles. The number of halogens is 1. The molecule has 1 aromatic rings. The molecule has 0 aliphatic carbocycles. The summed E-state index contributed by atoms with van der Waals surface area (Å²) < 4.78 is 22.6. The van der Waals surface area contributed by atoms with E-state index < -0.39 is 36.3 Å². The molecule has 28 heavy (non-hydrogen) atoms. The summed E-state index contributed by atoms with van der Waals surface area (Å²) in [5, 5.41) is 5.11. The first-order valence-corrected chi connectivity index (χ1v) is 8.88. The van der Waals surface area contributed by atoms with E-state index in [1.807, 2.05) is 20.8 Å². The lowest BCUT2D eigenvalue weighted by molar-refractivity contribution is -0.139. The maximum absolute atomic E-state index is 13.4. The van der Waals surface area contributed by atoms with Crippen LogP contribution in [0.1, 0.15) is 43.3 Å². The number of aromatic nitrogens is 1. The molecule has 0 unspecified atom stereocenters. The number of hydrogen-bond donors (Lipinski definition) is 3. The van der Waals surface area contributed by atoms with Gasteiger partial charge in [0.15, 0.2) is 0 Å². The number of likely N-dealkylation sites (tertiary alicyclic amines) is 1. The molecule has 3 amide bonds. The van der Waals surface area contributed by atoms with Crippen LogP contribution in [0.25, 0.3) is 0 Å². The first kappa shape index (κ1) is 17.9. The molecule has 0 radical (unpaired) electrons. The van der Waals surface area contributed by atoms with Crippen LogP contribution < -0.4 is 16.4 Å². The standard InChI is InChI=1S/C19H27N5O3.ClH/c1-18(2,3)8-12(21-4)16(26)24-10-19(9-13(24)14(20)25)11-6-5-7-22-15(11)23-17(19)27;/h5-7,12-13,21H,8-10H2,1-4H3,(H2,20,25)(H,22,23,27);1H/t12-,13-,19-;/m0./s1/i4D3;. The highest BCUT2D eigenvalue weighted by atomic mass is 35.5. The van der Waals surface area contributed by atoms with Gasteiger partial charge in [0.05, 0.1) is 11.5 Å². The van der Waals surface area contributed by atoms with Crippen LogP contribution in [0.5, 0.6) is 0 Å². The van der Waals surface area contributed by atoms with Crippen molar-refractivity contribution < 1.29 is 18.5 Å². The third-order valence-electron chi connectivity index (χ3n) is 5.25. The first-order valence-electron chi connectivity index (χ1n) is 10.4. The summed E-state index contributed by atoms with van der Waals surface area (Å²) in [5.41, 5.74) is 4.68. The Hall–Kier alpha value is -2.19. The Bertz CT molecular complexity index is 873. The zero-order chi connectivity index (χ0) is 22.5. The Kier molecular flexibility index (Phi) is 4.90. The highest BCUT2D eigenvalue weighted by Gasteiger charge is 2.58. The van der Waals surface area contributed by atoms with E-state index in [1.165, 1.54) is 4.90 Å². The van der Waals surface area contributed by atoms with Crippen molar-refractivity contribution in [3.8, 4) is 0 Å². The zero-order valence-corrected chi connectivity index (χ0v) is 16.9. The summed E-state index contributed by atoms with van der Waals surface area (Å²) in [6, 6.07) is 1.32. The number of nitrogens with two attached hydrogens (primary N) is 1. The number of rotatable bonds is 4. The Labute approximate surface area is 175 Å². The lowest BCUT2D eigenvalue weighted by atomic mass is 9.80. The lowest BCUT2D eigenvalue weighted by Gasteiger charge is -2.31. The van der Waals surface area contributed by atoms with Gasteiger partial charge in [0.1, 0.15) is 11.9 Å². The second kappa shape index (κ2) is 7.67. The number of hydrogen-bond acceptors (Lipinski definition) is 5. The molecular formula is C19H28ClN5O3. The molecular weight excluding hydrogens is 382 g/mol. The number of nitrogens with one attached hydrogen (secondary N) is 2. The average molecular weight is 413 g/mol. The molecule has 3 atom stereocenters. The van der Waals surface area contributed by atoms with E-state index >= 15 is 0 Å². The number of fused-ring (bicyclic) bond motifs is 2. The van der Waals surface area contributed by atoms with Crippen molar-refractivity contribution in [2.75, 3.05) is 18.8 Å². The van der Waals surface area contributed by atoms with Gasteiger partial charge in [-0.25, -0.2) is 4.98 Å². The van der Waals surface area contributed by atoms with E-state index in [4.69, 9.17) is 9.85 Å². The molecule has 0 bridgehead atoms. The van der Waals surface area contributed by atoms with Gasteiger partial charge in [0, 0.05) is 22.4 Å². The van der Waals surface area contributed by atoms with E-state index in [1.54, 1.807) is 18.3 Å². The van der Waals surface area contributed by atoms with Gasteiger partial charge >= 0.3 is 0 Å². The number of likely N-dealkylation sites (N-methyl/N-ethyl adjacent to an activating group) is 1. The monoisotopic (exact) mass is 412 g/mol. The van der Waals surface area contributed by atoms with Crippen LogP contribution in [0, 0.1) is 5.41 Å². The van der Waals surface area contributed by atoms with Gasteiger partial charge < -0.3 is 21.3 Å². The van der Waals surface area contributed by atoms with Crippen LogP contribution in [-0.2, 0) is 19.8 Å². The van der Waals surface area contributed by atoms with Crippen LogP contribution in [0.3, 0.4) is 0 Å². The van der Waals surface area contributed by atoms with Gasteiger partial charge in [-0.3, -0.25) is 14.4 Å². The predicted molar refractivity (Wildman–Crippen MR) is 108 cm³/mol. The molecule has 2 aliphatic rings. The van der Waals surface area contributed by atoms with Gasteiger partial charge in [-0.05, 0) is 31.3 Å². The van der Waals surface area contributed by atoms with Crippen molar-refractivity contribution in [1.82, 2.24) is 15.2 Å². The van der Waals surface area contributed by atoms with Crippen molar-refractivity contribution in [2.24, 2.45) is 11.1 Å². The van der Waals surface area contributed by atoms with E-state index in [0.29, 0.717) is 11.4 Å². The number of nitrogens with zero attached hydrogens (tertiary/aromatic N) is 2. The summed E-state index contributed by atoms with van der Waals surface area (Å²) in [6.07, 6.45) is 1.79. The Morgan fingerprint density at radius 3 is 2.86 bits per heavy atom. The molecule has 1 spiro atoms. The molecule has 0 saturated carbocycles. The predicted octanol–water partition coefficient (Wildman–Crippen LogP) is 0.804. The minimum Gasteiger partial charge on any atom is -0.368 e. The highest BCUT2D eigenvalue weighted by molar-refractivity contribution is 6.07. The van der Waals surface area contributed by atoms with Crippen molar-refractivity contribution in [3.05, 3.63) is 23.9 Å². The maximum Gasteiger partial charge on any atom is 0.240 e. The SMILES string of the molecule is Cl.[2H]C([2H])([2H])N[C@@H](CC(C)(C)C)C(=O)N1C[C@]2(C[C@H]1C(N)=O)C(=O)Nc1ncccc12. The number of carbonyl (C=O) groups excluding carboxylic acids is 3. The quantitative estimate of drug-likeness (QED) is 0.676. The third kappa shape index (κ3) is 3.71. The second-order valence-electron chi connectivity index (χ2n) is 8.49. The van der Waals surface area contributed by atoms with E-state index in [0.717, 1.165) is 0 Å². The number of primary amides is 1. The summed E-state index contributed by atoms with van der Waals surface area (Å²) in [7, 11) is 0. The first-order chi connectivity index (χ1) is 13.7. The average Bonchev–Trinajstić information content (AvgIpc) is 3.12. The van der Waals surface area contributed by atoms with Crippen LogP contribution in [0.15, 0.2) is 18.3 Å². The van der Waals surface area contributed by atoms with E-state index in [2.05, 4.69) is 15.6 Å². The number of anilines is 1. The lowest BCUT2D eigenvalue weighted by Crippen LogP contribution is -2.52. The van der Waals surface area contributed by atoms with Gasteiger partial charge in [-0.1, -0.05) is 26.8 Å². The summed E-state index contributed by atoms with van der Waals surface area (Å²) >= 11 is 0. The maximum atomic E-state index is 13.4. The molecule has 3 rings (SSSR count). The molecule has 9 heteroatoms. The zero-order valence-electron chi connectivity index (χ0n) is 19.1. The van der Waals surface area contributed by atoms with Gasteiger partial charge in [0.2, 0.25) is 17.7 Å². The molecule has 4 N–H and O–H groups in total. The number of carbonyl (C=O) groups is 3. The topological polar surface area (TPSA) is 117 Å². The Morgan fingerprint density at radius 1 is 1.54 bits per heavy atom. The minimum absolute atomic E-state index is 0. The van der Waals surface area contributed by atoms with Gasteiger partial charge in [0.25, 0.3) is 0 Å². The summed E-state index contributed by atoms with van der Waals surface area (Å²) in [6.45, 7) is 3.04. The normalized spacial score (nSPS) is 26.5. The van der Waals surface area contributed by atoms with Crippen LogP contribution in [0.2, 0.25) is 0 Å². The molecule has 1 fully saturated rings. The fourth-order valence-electron chi connectivity index (χ4n) is 4.00. The van der Waals surface area contributed by atoms with Gasteiger partial charge in [-0.2, -0.15) is 0 Å². The summed E-state index contributed by atoms with van der Waals surface area (Å²) in [5.74, 6) is -1.26. The van der Waals surface area contributed by atoms with Crippen LogP contribution >= 0.6 is 12.4 Å². The fraction of sp³-hybridized carbons (Fsp3) is 0.579. The molecule has 154 valence electrons. The van der Waals surface area contributed by atoms with Gasteiger partial charge in [-0.15, -0.1) is 12.4 Å². The molecule has 1 aromatic heterocycles. The van der Waals surface area contributed by atoms with Crippen molar-refractivity contribution in [3.63, 3.8) is 0 Å². The van der Waals surface area contributed by atoms with Crippen LogP contribution in [0.4, 0.5) is 5.82 Å². The van der Waals surface area contributed by atoms with Crippen molar-refractivity contribution >= 4 is 35.9 Å².